The fourth-order valence-corrected chi connectivity index (χ4v) is 3.17. The molecule has 0 aliphatic carbocycles. The number of hydrogen-bond acceptors (Lipinski definition) is 3. The molecule has 0 fully saturated rings. The van der Waals surface area contributed by atoms with E-state index in [9.17, 15) is 22.8 Å². The van der Waals surface area contributed by atoms with Gasteiger partial charge in [0.2, 0.25) is 5.91 Å². The Kier molecular flexibility index (Phi) is 6.70. The number of nitrogens with one attached hydrogen (secondary N) is 1. The van der Waals surface area contributed by atoms with Gasteiger partial charge in [0.15, 0.2) is 6.61 Å². The molecular formula is C22H18ClF3N2O3. The van der Waals surface area contributed by atoms with E-state index in [0.29, 0.717) is 10.8 Å². The van der Waals surface area contributed by atoms with Crippen LogP contribution in [0.3, 0.4) is 0 Å². The van der Waals surface area contributed by atoms with E-state index in [2.05, 4.69) is 5.32 Å². The Labute approximate surface area is 181 Å². The largest absolute Gasteiger partial charge is 0.483 e. The van der Waals surface area contributed by atoms with E-state index in [1.165, 1.54) is 19.2 Å². The summed E-state index contributed by atoms with van der Waals surface area (Å²) in [6.45, 7) is -0.787. The summed E-state index contributed by atoms with van der Waals surface area (Å²) in [5.41, 5.74) is -1.33. The van der Waals surface area contributed by atoms with Crippen LogP contribution >= 0.6 is 11.6 Å². The first-order chi connectivity index (χ1) is 14.7. The van der Waals surface area contributed by atoms with Crippen molar-refractivity contribution in [3.63, 3.8) is 0 Å². The van der Waals surface area contributed by atoms with Crippen molar-refractivity contribution in [2.45, 2.75) is 6.18 Å². The topological polar surface area (TPSA) is 58.6 Å². The third kappa shape index (κ3) is 5.46. The number of carbonyl (C=O) groups excluding carboxylic acids is 2. The highest BCUT2D eigenvalue weighted by atomic mass is 35.5. The second kappa shape index (κ2) is 9.26. The molecule has 31 heavy (non-hydrogen) atoms. The first-order valence-electron chi connectivity index (χ1n) is 9.17. The van der Waals surface area contributed by atoms with E-state index in [0.717, 1.165) is 27.8 Å². The van der Waals surface area contributed by atoms with Crippen molar-refractivity contribution in [1.82, 2.24) is 4.90 Å². The average Bonchev–Trinajstić information content (AvgIpc) is 2.72. The van der Waals surface area contributed by atoms with Crippen LogP contribution in [0.4, 0.5) is 18.9 Å². The lowest BCUT2D eigenvalue weighted by Gasteiger charge is -2.19. The van der Waals surface area contributed by atoms with Gasteiger partial charge in [-0.25, -0.2) is 0 Å². The molecule has 5 nitrogen and oxygen atoms in total. The molecule has 0 aliphatic heterocycles. The lowest BCUT2D eigenvalue weighted by Crippen LogP contribution is -2.37. The molecule has 3 aromatic carbocycles. The van der Waals surface area contributed by atoms with Crippen LogP contribution in [-0.4, -0.2) is 36.9 Å². The van der Waals surface area contributed by atoms with Crippen LogP contribution in [0.15, 0.2) is 60.7 Å². The second-order valence-electron chi connectivity index (χ2n) is 6.72. The monoisotopic (exact) mass is 450 g/mol. The summed E-state index contributed by atoms with van der Waals surface area (Å²) < 4.78 is 44.7. The lowest BCUT2D eigenvalue weighted by molar-refractivity contribution is -0.137. The van der Waals surface area contributed by atoms with Gasteiger partial charge in [-0.2, -0.15) is 13.2 Å². The standard InChI is InChI=1S/C22H18ClF3N2O3/c1-28(12-20(29)27-18-9-5-4-8-16(18)22(24,25)26)21(30)13-31-19-11-10-17(23)14-6-2-3-7-15(14)19/h2-11H,12-13H2,1H3,(H,27,29). The summed E-state index contributed by atoms with van der Waals surface area (Å²) in [6, 6.07) is 15.2. The molecule has 1 N–H and O–H groups in total. The summed E-state index contributed by atoms with van der Waals surface area (Å²) >= 11 is 6.16. The summed E-state index contributed by atoms with van der Waals surface area (Å²) in [7, 11) is 1.36. The first kappa shape index (κ1) is 22.4. The number of alkyl halides is 3. The quantitative estimate of drug-likeness (QED) is 0.575. The molecule has 3 rings (SSSR count). The highest BCUT2D eigenvalue weighted by Crippen LogP contribution is 2.34. The number of fused-ring (bicyclic) bond motifs is 1. The van der Waals surface area contributed by atoms with Crippen molar-refractivity contribution >= 4 is 39.9 Å². The number of anilines is 1. The molecule has 0 aromatic heterocycles. The normalized spacial score (nSPS) is 11.3. The van der Waals surface area contributed by atoms with E-state index in [4.69, 9.17) is 16.3 Å². The van der Waals surface area contributed by atoms with Crippen LogP contribution < -0.4 is 10.1 Å². The maximum absolute atomic E-state index is 13.0. The Morgan fingerprint density at radius 2 is 1.65 bits per heavy atom. The van der Waals surface area contributed by atoms with Crippen molar-refractivity contribution in [2.75, 3.05) is 25.5 Å². The van der Waals surface area contributed by atoms with Crippen LogP contribution in [0.2, 0.25) is 5.02 Å². The Morgan fingerprint density at radius 1 is 1.00 bits per heavy atom. The summed E-state index contributed by atoms with van der Waals surface area (Å²) in [5, 5.41) is 4.24. The minimum Gasteiger partial charge on any atom is -0.483 e. The van der Waals surface area contributed by atoms with E-state index < -0.39 is 30.1 Å². The number of benzene rings is 3. The third-order valence-corrected chi connectivity index (χ3v) is 4.82. The number of likely N-dealkylation sites (N-methyl/N-ethyl adjacent to an activating group) is 1. The zero-order valence-electron chi connectivity index (χ0n) is 16.4. The van der Waals surface area contributed by atoms with Gasteiger partial charge in [0.1, 0.15) is 5.75 Å². The van der Waals surface area contributed by atoms with Crippen molar-refractivity contribution in [1.29, 1.82) is 0 Å². The maximum Gasteiger partial charge on any atom is 0.418 e. The van der Waals surface area contributed by atoms with Crippen molar-refractivity contribution < 1.29 is 27.5 Å². The van der Waals surface area contributed by atoms with Crippen LogP contribution in [0.5, 0.6) is 5.75 Å². The van der Waals surface area contributed by atoms with Gasteiger partial charge >= 0.3 is 6.18 Å². The number of halogens is 4. The van der Waals surface area contributed by atoms with Crippen LogP contribution in [-0.2, 0) is 15.8 Å². The van der Waals surface area contributed by atoms with Gasteiger partial charge in [-0.15, -0.1) is 0 Å². The predicted molar refractivity (Wildman–Crippen MR) is 112 cm³/mol. The van der Waals surface area contributed by atoms with Gasteiger partial charge in [0.05, 0.1) is 17.8 Å². The SMILES string of the molecule is CN(CC(=O)Nc1ccccc1C(F)(F)F)C(=O)COc1ccc(Cl)c2ccccc12. The van der Waals surface area contributed by atoms with Crippen molar-refractivity contribution in [2.24, 2.45) is 0 Å². The molecule has 0 spiro atoms. The molecule has 0 saturated heterocycles. The van der Waals surface area contributed by atoms with Crippen LogP contribution in [0.25, 0.3) is 10.8 Å². The van der Waals surface area contributed by atoms with Gasteiger partial charge < -0.3 is 15.0 Å². The number of amides is 2. The predicted octanol–water partition coefficient (Wildman–Crippen LogP) is 4.99. The van der Waals surface area contributed by atoms with E-state index in [1.54, 1.807) is 18.2 Å². The zero-order valence-corrected chi connectivity index (χ0v) is 17.1. The summed E-state index contributed by atoms with van der Waals surface area (Å²) in [4.78, 5) is 25.6. The Morgan fingerprint density at radius 3 is 2.35 bits per heavy atom. The highest BCUT2D eigenvalue weighted by Gasteiger charge is 2.33. The Hall–Kier alpha value is -3.26. The van der Waals surface area contributed by atoms with Crippen molar-refractivity contribution in [3.05, 3.63) is 71.2 Å². The van der Waals surface area contributed by atoms with E-state index in [1.807, 2.05) is 18.2 Å². The van der Waals surface area contributed by atoms with Crippen molar-refractivity contribution in [3.8, 4) is 5.75 Å². The molecule has 9 heteroatoms. The molecule has 2 amide bonds. The highest BCUT2D eigenvalue weighted by molar-refractivity contribution is 6.35. The molecule has 0 unspecified atom stereocenters. The number of nitrogens with zero attached hydrogens (tertiary/aromatic N) is 1. The second-order valence-corrected chi connectivity index (χ2v) is 7.13. The molecule has 3 aromatic rings. The number of para-hydroxylation sites is 1. The molecule has 0 bridgehead atoms. The van der Waals surface area contributed by atoms with E-state index in [-0.39, 0.29) is 12.3 Å². The minimum absolute atomic E-state index is 0.353. The summed E-state index contributed by atoms with van der Waals surface area (Å²) in [5.74, 6) is -0.826. The fraction of sp³-hybridized carbons (Fsp3) is 0.182. The molecule has 0 saturated carbocycles. The van der Waals surface area contributed by atoms with Gasteiger partial charge in [-0.3, -0.25) is 9.59 Å². The lowest BCUT2D eigenvalue weighted by atomic mass is 10.1. The molecule has 162 valence electrons. The molecule has 0 atom stereocenters. The third-order valence-electron chi connectivity index (χ3n) is 4.50. The Bertz CT molecular complexity index is 1120. The number of ether oxygens (including phenoxy) is 1. The molecule has 0 heterocycles. The fourth-order valence-electron chi connectivity index (χ4n) is 2.94. The number of carbonyl (C=O) groups is 2. The van der Waals surface area contributed by atoms with Gasteiger partial charge in [-0.05, 0) is 24.3 Å². The molecule has 0 radical (unpaired) electrons. The number of rotatable bonds is 6. The Balaban J connectivity index is 1.61. The number of hydrogen-bond donors (Lipinski definition) is 1. The smallest absolute Gasteiger partial charge is 0.418 e. The zero-order chi connectivity index (χ0) is 22.6. The van der Waals surface area contributed by atoms with Crippen LogP contribution in [0, 0.1) is 0 Å². The minimum atomic E-state index is -4.61. The summed E-state index contributed by atoms with van der Waals surface area (Å²) in [6.07, 6.45) is -4.61. The molecule has 0 aliphatic rings. The average molecular weight is 451 g/mol. The molecular weight excluding hydrogens is 433 g/mol. The first-order valence-corrected chi connectivity index (χ1v) is 9.54. The van der Waals surface area contributed by atoms with Gasteiger partial charge in [0, 0.05) is 22.8 Å². The van der Waals surface area contributed by atoms with Crippen LogP contribution in [0.1, 0.15) is 5.56 Å². The van der Waals surface area contributed by atoms with E-state index >= 15 is 0 Å². The van der Waals surface area contributed by atoms with Gasteiger partial charge in [0.25, 0.3) is 5.91 Å². The van der Waals surface area contributed by atoms with Gasteiger partial charge in [-0.1, -0.05) is 48.0 Å². The maximum atomic E-state index is 13.0.